The Hall–Kier alpha value is -2.60. The minimum absolute atomic E-state index is 0.0302. The van der Waals surface area contributed by atoms with Crippen LogP contribution in [-0.4, -0.2) is 14.5 Å². The fourth-order valence-corrected chi connectivity index (χ4v) is 4.05. The van der Waals surface area contributed by atoms with E-state index < -0.39 is 23.5 Å². The lowest BCUT2D eigenvalue weighted by Crippen LogP contribution is -2.11. The zero-order chi connectivity index (χ0) is 24.0. The van der Waals surface area contributed by atoms with Crippen LogP contribution < -0.4 is 0 Å². The lowest BCUT2D eigenvalue weighted by atomic mass is 10.0. The van der Waals surface area contributed by atoms with E-state index >= 15 is 0 Å². The molecule has 0 unspecified atom stereocenters. The SMILES string of the molecule is FC(F)(F)c1cc(-c2cncn2-c2cnccc2-c2cccc(I)c2Cl)cc(C(F)(F)F)c1. The Bertz CT molecular complexity index is 1300. The third-order valence-electron chi connectivity index (χ3n) is 4.82. The van der Waals surface area contributed by atoms with Crippen molar-refractivity contribution in [3.63, 3.8) is 0 Å². The third-order valence-corrected chi connectivity index (χ3v) is 6.45. The summed E-state index contributed by atoms with van der Waals surface area (Å²) in [6, 6.07) is 8.41. The van der Waals surface area contributed by atoms with Gasteiger partial charge in [-0.15, -0.1) is 0 Å². The number of benzene rings is 2. The molecule has 3 nitrogen and oxygen atoms in total. The van der Waals surface area contributed by atoms with Crippen molar-refractivity contribution in [1.82, 2.24) is 14.5 Å². The van der Waals surface area contributed by atoms with Crippen molar-refractivity contribution in [2.45, 2.75) is 12.4 Å². The van der Waals surface area contributed by atoms with Crippen LogP contribution in [0.4, 0.5) is 26.3 Å². The van der Waals surface area contributed by atoms with Crippen molar-refractivity contribution >= 4 is 34.2 Å². The van der Waals surface area contributed by atoms with Crippen LogP contribution in [0.1, 0.15) is 11.1 Å². The average Bonchev–Trinajstić information content (AvgIpc) is 3.24. The topological polar surface area (TPSA) is 30.7 Å². The molecule has 0 saturated heterocycles. The van der Waals surface area contributed by atoms with Gasteiger partial charge in [-0.2, -0.15) is 26.3 Å². The molecule has 0 amide bonds. The fraction of sp³-hybridized carbons (Fsp3) is 0.0909. The lowest BCUT2D eigenvalue weighted by molar-refractivity contribution is -0.143. The van der Waals surface area contributed by atoms with Crippen LogP contribution in [0.3, 0.4) is 0 Å². The summed E-state index contributed by atoms with van der Waals surface area (Å²) >= 11 is 8.52. The molecule has 0 aliphatic rings. The largest absolute Gasteiger partial charge is 0.416 e. The molecule has 2 aromatic carbocycles. The molecule has 2 heterocycles. The third kappa shape index (κ3) is 4.72. The molecule has 0 aliphatic heterocycles. The molecule has 0 bridgehead atoms. The van der Waals surface area contributed by atoms with Crippen molar-refractivity contribution in [3.05, 3.63) is 87.1 Å². The van der Waals surface area contributed by atoms with E-state index in [2.05, 4.69) is 32.6 Å². The van der Waals surface area contributed by atoms with E-state index in [1.165, 1.54) is 29.5 Å². The summed E-state index contributed by atoms with van der Waals surface area (Å²) in [5, 5.41) is 0.450. The van der Waals surface area contributed by atoms with E-state index in [9.17, 15) is 26.3 Å². The Kier molecular flexibility index (Phi) is 6.16. The molecular formula is C22H11ClF6IN3. The van der Waals surface area contributed by atoms with Gasteiger partial charge in [0.1, 0.15) is 0 Å². The standard InChI is InChI=1S/C22H11ClF6IN3/c23-20-16(2-1-3-17(20)30)15-4-5-31-10-19(15)33-11-32-9-18(33)12-6-13(21(24,25)26)8-14(7-12)22(27,28)29/h1-11H. The summed E-state index contributed by atoms with van der Waals surface area (Å²) < 4.78 is 82.3. The highest BCUT2D eigenvalue weighted by Gasteiger charge is 2.37. The normalized spacial score (nSPS) is 12.2. The molecule has 0 radical (unpaired) electrons. The van der Waals surface area contributed by atoms with E-state index in [1.54, 1.807) is 24.3 Å². The van der Waals surface area contributed by atoms with Gasteiger partial charge in [0, 0.05) is 26.5 Å². The summed E-state index contributed by atoms with van der Waals surface area (Å²) in [5.41, 5.74) is -1.49. The Morgan fingerprint density at radius 1 is 0.818 bits per heavy atom. The molecule has 0 spiro atoms. The summed E-state index contributed by atoms with van der Waals surface area (Å²) in [6.45, 7) is 0. The number of imidazole rings is 1. The van der Waals surface area contributed by atoms with Crippen LogP contribution in [0.25, 0.3) is 28.1 Å². The first kappa shape index (κ1) is 23.6. The van der Waals surface area contributed by atoms with Crippen molar-refractivity contribution in [1.29, 1.82) is 0 Å². The Balaban J connectivity index is 1.94. The maximum absolute atomic E-state index is 13.4. The van der Waals surface area contributed by atoms with E-state index in [0.29, 0.717) is 34.0 Å². The van der Waals surface area contributed by atoms with Gasteiger partial charge in [0.15, 0.2) is 0 Å². The van der Waals surface area contributed by atoms with Gasteiger partial charge in [-0.25, -0.2) is 4.98 Å². The van der Waals surface area contributed by atoms with E-state index in [4.69, 9.17) is 11.6 Å². The number of hydrogen-bond donors (Lipinski definition) is 0. The highest BCUT2D eigenvalue weighted by atomic mass is 127. The number of pyridine rings is 1. The van der Waals surface area contributed by atoms with Crippen molar-refractivity contribution in [2.75, 3.05) is 0 Å². The van der Waals surface area contributed by atoms with Gasteiger partial charge in [0.2, 0.25) is 0 Å². The second kappa shape index (κ2) is 8.64. The Morgan fingerprint density at radius 2 is 1.48 bits per heavy atom. The molecule has 11 heteroatoms. The molecule has 0 fully saturated rings. The summed E-state index contributed by atoms with van der Waals surface area (Å²) in [6.07, 6.45) is -4.48. The molecule has 0 saturated carbocycles. The summed E-state index contributed by atoms with van der Waals surface area (Å²) in [4.78, 5) is 8.05. The number of halogens is 8. The van der Waals surface area contributed by atoms with Crippen LogP contribution in [0, 0.1) is 3.57 Å². The summed E-state index contributed by atoms with van der Waals surface area (Å²) in [5.74, 6) is 0. The van der Waals surface area contributed by atoms with Gasteiger partial charge in [0.25, 0.3) is 0 Å². The molecule has 0 aliphatic carbocycles. The van der Waals surface area contributed by atoms with Crippen LogP contribution in [-0.2, 0) is 12.4 Å². The van der Waals surface area contributed by atoms with Crippen LogP contribution >= 0.6 is 34.2 Å². The number of aromatic nitrogens is 3. The van der Waals surface area contributed by atoms with E-state index in [-0.39, 0.29) is 17.3 Å². The first-order valence-corrected chi connectivity index (χ1v) is 10.6. The van der Waals surface area contributed by atoms with Crippen molar-refractivity contribution in [3.8, 4) is 28.1 Å². The molecular weight excluding hydrogens is 583 g/mol. The molecule has 170 valence electrons. The van der Waals surface area contributed by atoms with Gasteiger partial charge in [-0.05, 0) is 52.9 Å². The molecule has 4 aromatic rings. The maximum Gasteiger partial charge on any atom is 0.416 e. The number of hydrogen-bond acceptors (Lipinski definition) is 2. The van der Waals surface area contributed by atoms with E-state index in [0.717, 1.165) is 3.57 Å². The number of alkyl halides is 6. The first-order chi connectivity index (χ1) is 15.5. The van der Waals surface area contributed by atoms with Crippen LogP contribution in [0.2, 0.25) is 5.02 Å². The first-order valence-electron chi connectivity index (χ1n) is 9.18. The van der Waals surface area contributed by atoms with Crippen LogP contribution in [0.15, 0.2) is 67.4 Å². The van der Waals surface area contributed by atoms with Crippen LogP contribution in [0.5, 0.6) is 0 Å². The second-order valence-electron chi connectivity index (χ2n) is 6.94. The molecule has 2 aromatic heterocycles. The number of nitrogens with zero attached hydrogens (tertiary/aromatic N) is 3. The highest BCUT2D eigenvalue weighted by Crippen LogP contribution is 2.40. The van der Waals surface area contributed by atoms with Gasteiger partial charge in [0.05, 0.1) is 46.3 Å². The smallest absolute Gasteiger partial charge is 0.297 e. The highest BCUT2D eigenvalue weighted by molar-refractivity contribution is 14.1. The second-order valence-corrected chi connectivity index (χ2v) is 8.48. The minimum atomic E-state index is -4.96. The molecule has 0 N–H and O–H groups in total. The summed E-state index contributed by atoms with van der Waals surface area (Å²) in [7, 11) is 0. The van der Waals surface area contributed by atoms with Crippen molar-refractivity contribution in [2.24, 2.45) is 0 Å². The maximum atomic E-state index is 13.4. The zero-order valence-corrected chi connectivity index (χ0v) is 19.1. The minimum Gasteiger partial charge on any atom is -0.297 e. The lowest BCUT2D eigenvalue weighted by Gasteiger charge is -2.17. The molecule has 33 heavy (non-hydrogen) atoms. The van der Waals surface area contributed by atoms with Gasteiger partial charge < -0.3 is 0 Å². The van der Waals surface area contributed by atoms with Gasteiger partial charge >= 0.3 is 12.4 Å². The fourth-order valence-electron chi connectivity index (χ4n) is 3.32. The molecule has 4 rings (SSSR count). The predicted molar refractivity (Wildman–Crippen MR) is 120 cm³/mol. The number of rotatable bonds is 3. The monoisotopic (exact) mass is 593 g/mol. The van der Waals surface area contributed by atoms with Gasteiger partial charge in [-0.3, -0.25) is 9.55 Å². The van der Waals surface area contributed by atoms with Gasteiger partial charge in [-0.1, -0.05) is 23.7 Å². The van der Waals surface area contributed by atoms with Crippen molar-refractivity contribution < 1.29 is 26.3 Å². The Labute approximate surface area is 202 Å². The van der Waals surface area contributed by atoms with E-state index in [1.807, 2.05) is 0 Å². The predicted octanol–water partition coefficient (Wildman–Crippen LogP) is 7.90. The Morgan fingerprint density at radius 3 is 2.12 bits per heavy atom. The zero-order valence-electron chi connectivity index (χ0n) is 16.2. The molecule has 0 atom stereocenters. The quantitative estimate of drug-likeness (QED) is 0.179. The average molecular weight is 594 g/mol.